The van der Waals surface area contributed by atoms with E-state index in [2.05, 4.69) is 39.8 Å². The van der Waals surface area contributed by atoms with Crippen LogP contribution in [0.2, 0.25) is 0 Å². The van der Waals surface area contributed by atoms with Crippen LogP contribution in [0.4, 0.5) is 11.4 Å². The fourth-order valence-electron chi connectivity index (χ4n) is 3.21. The van der Waals surface area contributed by atoms with Gasteiger partial charge < -0.3 is 10.2 Å². The average molecular weight is 364 g/mol. The third-order valence-corrected chi connectivity index (χ3v) is 4.51. The molecule has 1 saturated heterocycles. The Labute approximate surface area is 159 Å². The molecule has 2 amide bonds. The molecular weight excluding hydrogens is 340 g/mol. The SMILES string of the molecule is CC(=O)Nc1ccc(C(=O)N/N=C/c2ccc(N3CCCC3)c(C)c2)cc1. The number of hydrogen-bond donors (Lipinski definition) is 2. The van der Waals surface area contributed by atoms with Crippen molar-refractivity contribution in [2.45, 2.75) is 26.7 Å². The maximum absolute atomic E-state index is 12.1. The summed E-state index contributed by atoms with van der Waals surface area (Å²) in [5, 5.41) is 6.71. The van der Waals surface area contributed by atoms with Gasteiger partial charge in [0.15, 0.2) is 0 Å². The minimum absolute atomic E-state index is 0.150. The standard InChI is InChI=1S/C21H24N4O2/c1-15-13-17(5-10-20(15)25-11-3-4-12-25)14-22-24-21(27)18-6-8-19(9-7-18)23-16(2)26/h5-10,13-14H,3-4,11-12H2,1-2H3,(H,23,26)(H,24,27)/b22-14+. The average Bonchev–Trinajstić information content (AvgIpc) is 3.16. The van der Waals surface area contributed by atoms with Crippen molar-refractivity contribution >= 4 is 29.4 Å². The van der Waals surface area contributed by atoms with Crippen LogP contribution in [0.15, 0.2) is 47.6 Å². The number of hydrogen-bond acceptors (Lipinski definition) is 4. The summed E-state index contributed by atoms with van der Waals surface area (Å²) in [6.07, 6.45) is 4.14. The normalized spacial score (nSPS) is 13.8. The Morgan fingerprint density at radius 1 is 1.07 bits per heavy atom. The molecule has 0 saturated carbocycles. The van der Waals surface area contributed by atoms with E-state index in [0.717, 1.165) is 18.7 Å². The van der Waals surface area contributed by atoms with E-state index in [9.17, 15) is 9.59 Å². The number of anilines is 2. The monoisotopic (exact) mass is 364 g/mol. The van der Waals surface area contributed by atoms with Crippen LogP contribution in [0.25, 0.3) is 0 Å². The molecule has 1 aliphatic rings. The minimum Gasteiger partial charge on any atom is -0.371 e. The molecule has 0 radical (unpaired) electrons. The molecule has 0 aliphatic carbocycles. The van der Waals surface area contributed by atoms with Gasteiger partial charge in [0.1, 0.15) is 0 Å². The van der Waals surface area contributed by atoms with E-state index in [1.54, 1.807) is 30.5 Å². The number of nitrogens with zero attached hydrogens (tertiary/aromatic N) is 2. The van der Waals surface area contributed by atoms with Gasteiger partial charge in [0.2, 0.25) is 5.91 Å². The first-order valence-electron chi connectivity index (χ1n) is 9.09. The van der Waals surface area contributed by atoms with Crippen LogP contribution >= 0.6 is 0 Å². The highest BCUT2D eigenvalue weighted by Crippen LogP contribution is 2.24. The summed E-state index contributed by atoms with van der Waals surface area (Å²) < 4.78 is 0. The molecule has 0 aromatic heterocycles. The Balaban J connectivity index is 1.58. The van der Waals surface area contributed by atoms with E-state index in [1.807, 2.05) is 6.07 Å². The molecule has 0 spiro atoms. The molecule has 2 aromatic carbocycles. The maximum atomic E-state index is 12.1. The molecule has 6 heteroatoms. The van der Waals surface area contributed by atoms with Gasteiger partial charge in [-0.3, -0.25) is 9.59 Å². The van der Waals surface area contributed by atoms with Crippen molar-refractivity contribution in [1.29, 1.82) is 0 Å². The molecule has 3 rings (SSSR count). The summed E-state index contributed by atoms with van der Waals surface area (Å²) in [7, 11) is 0. The van der Waals surface area contributed by atoms with Crippen LogP contribution in [0, 0.1) is 6.92 Å². The zero-order valence-corrected chi connectivity index (χ0v) is 15.7. The van der Waals surface area contributed by atoms with E-state index >= 15 is 0 Å². The predicted octanol–water partition coefficient (Wildman–Crippen LogP) is 3.32. The van der Waals surface area contributed by atoms with Gasteiger partial charge in [-0.15, -0.1) is 0 Å². The molecule has 0 bridgehead atoms. The summed E-state index contributed by atoms with van der Waals surface area (Å²) >= 11 is 0. The quantitative estimate of drug-likeness (QED) is 0.631. The summed E-state index contributed by atoms with van der Waals surface area (Å²) in [6.45, 7) is 5.77. The maximum Gasteiger partial charge on any atom is 0.271 e. The Morgan fingerprint density at radius 2 is 1.78 bits per heavy atom. The first kappa shape index (κ1) is 18.6. The van der Waals surface area contributed by atoms with E-state index in [-0.39, 0.29) is 11.8 Å². The Hall–Kier alpha value is -3.15. The molecule has 1 aliphatic heterocycles. The van der Waals surface area contributed by atoms with Crippen molar-refractivity contribution in [1.82, 2.24) is 5.43 Å². The summed E-state index contributed by atoms with van der Waals surface area (Å²) in [4.78, 5) is 25.6. The lowest BCUT2D eigenvalue weighted by atomic mass is 10.1. The molecule has 6 nitrogen and oxygen atoms in total. The lowest BCUT2D eigenvalue weighted by Crippen LogP contribution is -2.19. The van der Waals surface area contributed by atoms with Crippen LogP contribution in [0.5, 0.6) is 0 Å². The number of carbonyl (C=O) groups is 2. The molecule has 1 heterocycles. The summed E-state index contributed by atoms with van der Waals surface area (Å²) in [6, 6.07) is 12.9. The summed E-state index contributed by atoms with van der Waals surface area (Å²) in [5.41, 5.74) is 7.07. The molecule has 2 N–H and O–H groups in total. The van der Waals surface area contributed by atoms with E-state index in [1.165, 1.54) is 31.0 Å². The van der Waals surface area contributed by atoms with Crippen LogP contribution in [0.1, 0.15) is 41.3 Å². The molecule has 0 unspecified atom stereocenters. The molecule has 27 heavy (non-hydrogen) atoms. The van der Waals surface area contributed by atoms with Gasteiger partial charge in [-0.25, -0.2) is 5.43 Å². The lowest BCUT2D eigenvalue weighted by molar-refractivity contribution is -0.114. The topological polar surface area (TPSA) is 73.8 Å². The first-order valence-corrected chi connectivity index (χ1v) is 9.09. The largest absolute Gasteiger partial charge is 0.371 e. The second kappa shape index (κ2) is 8.49. The smallest absolute Gasteiger partial charge is 0.271 e. The van der Waals surface area contributed by atoms with Gasteiger partial charge in [-0.1, -0.05) is 6.07 Å². The fourth-order valence-corrected chi connectivity index (χ4v) is 3.21. The third kappa shape index (κ3) is 4.94. The van der Waals surface area contributed by atoms with E-state index in [0.29, 0.717) is 11.3 Å². The van der Waals surface area contributed by atoms with Crippen LogP contribution in [0.3, 0.4) is 0 Å². The number of hydrazone groups is 1. The number of nitrogens with one attached hydrogen (secondary N) is 2. The van der Waals surface area contributed by atoms with Crippen molar-refractivity contribution in [3.63, 3.8) is 0 Å². The molecule has 2 aromatic rings. The van der Waals surface area contributed by atoms with Gasteiger partial charge in [-0.2, -0.15) is 5.10 Å². The van der Waals surface area contributed by atoms with Crippen molar-refractivity contribution < 1.29 is 9.59 Å². The lowest BCUT2D eigenvalue weighted by Gasteiger charge is -2.20. The zero-order valence-electron chi connectivity index (χ0n) is 15.7. The molecule has 1 fully saturated rings. The number of amides is 2. The highest BCUT2D eigenvalue weighted by molar-refractivity contribution is 5.96. The van der Waals surface area contributed by atoms with Gasteiger partial charge in [-0.05, 0) is 67.3 Å². The number of rotatable bonds is 5. The predicted molar refractivity (Wildman–Crippen MR) is 108 cm³/mol. The number of aryl methyl sites for hydroxylation is 1. The second-order valence-electron chi connectivity index (χ2n) is 6.70. The highest BCUT2D eigenvalue weighted by atomic mass is 16.2. The van der Waals surface area contributed by atoms with Gasteiger partial charge in [0, 0.05) is 37.0 Å². The van der Waals surface area contributed by atoms with Gasteiger partial charge in [0.25, 0.3) is 5.91 Å². The Morgan fingerprint density at radius 3 is 2.41 bits per heavy atom. The zero-order chi connectivity index (χ0) is 19.2. The molecular formula is C21H24N4O2. The highest BCUT2D eigenvalue weighted by Gasteiger charge is 2.14. The second-order valence-corrected chi connectivity index (χ2v) is 6.70. The summed E-state index contributed by atoms with van der Waals surface area (Å²) in [5.74, 6) is -0.450. The Bertz CT molecular complexity index is 853. The van der Waals surface area contributed by atoms with E-state index in [4.69, 9.17) is 0 Å². The van der Waals surface area contributed by atoms with Crippen LogP contribution < -0.4 is 15.6 Å². The Kier molecular flexibility index (Phi) is 5.86. The third-order valence-electron chi connectivity index (χ3n) is 4.51. The van der Waals surface area contributed by atoms with Crippen LogP contribution in [-0.4, -0.2) is 31.1 Å². The minimum atomic E-state index is -0.300. The van der Waals surface area contributed by atoms with Gasteiger partial charge in [0.05, 0.1) is 6.21 Å². The first-order chi connectivity index (χ1) is 13.0. The fraction of sp³-hybridized carbons (Fsp3) is 0.286. The van der Waals surface area contributed by atoms with Gasteiger partial charge >= 0.3 is 0 Å². The van der Waals surface area contributed by atoms with Crippen molar-refractivity contribution in [3.05, 3.63) is 59.2 Å². The van der Waals surface area contributed by atoms with Crippen molar-refractivity contribution in [3.8, 4) is 0 Å². The molecule has 0 atom stereocenters. The van der Waals surface area contributed by atoms with Crippen molar-refractivity contribution in [2.24, 2.45) is 5.10 Å². The number of carbonyl (C=O) groups excluding carboxylic acids is 2. The van der Waals surface area contributed by atoms with Crippen molar-refractivity contribution in [2.75, 3.05) is 23.3 Å². The van der Waals surface area contributed by atoms with Crippen LogP contribution in [-0.2, 0) is 4.79 Å². The molecule has 140 valence electrons. The number of benzene rings is 2. The van der Waals surface area contributed by atoms with E-state index < -0.39 is 0 Å².